The summed E-state index contributed by atoms with van der Waals surface area (Å²) < 4.78 is 19.7. The molecule has 0 aliphatic carbocycles. The van der Waals surface area contributed by atoms with E-state index >= 15 is 0 Å². The molecular weight excluding hydrogens is 299 g/mol. The second kappa shape index (κ2) is 5.46. The molecule has 0 spiro atoms. The number of methoxy groups -OCH3 is 1. The van der Waals surface area contributed by atoms with Gasteiger partial charge in [-0.25, -0.2) is 9.37 Å². The van der Waals surface area contributed by atoms with Crippen molar-refractivity contribution in [1.29, 1.82) is 0 Å². The number of hydrogen-bond donors (Lipinski definition) is 1. The Morgan fingerprint density at radius 1 is 1.33 bits per heavy atom. The van der Waals surface area contributed by atoms with E-state index in [1.807, 2.05) is 0 Å². The van der Waals surface area contributed by atoms with Gasteiger partial charge in [0.05, 0.1) is 13.2 Å². The third-order valence-electron chi connectivity index (χ3n) is 2.62. The van der Waals surface area contributed by atoms with Gasteiger partial charge in [0.25, 0.3) is 0 Å². The zero-order valence-corrected chi connectivity index (χ0v) is 11.3. The summed E-state index contributed by atoms with van der Waals surface area (Å²) in [6, 6.07) is 7.57. The van der Waals surface area contributed by atoms with Crippen molar-refractivity contribution in [3.63, 3.8) is 0 Å². The Morgan fingerprint density at radius 2 is 2.11 bits per heavy atom. The van der Waals surface area contributed by atoms with E-state index in [1.165, 1.54) is 13.2 Å². The highest BCUT2D eigenvalue weighted by Crippen LogP contribution is 2.29. The van der Waals surface area contributed by atoms with E-state index in [4.69, 9.17) is 10.5 Å². The largest absolute Gasteiger partial charge is 0.481 e. The van der Waals surface area contributed by atoms with Gasteiger partial charge in [-0.1, -0.05) is 22.0 Å². The van der Waals surface area contributed by atoms with Crippen LogP contribution >= 0.6 is 15.9 Å². The van der Waals surface area contributed by atoms with Gasteiger partial charge in [0, 0.05) is 21.8 Å². The average molecular weight is 311 g/mol. The first-order valence-electron chi connectivity index (χ1n) is 5.33. The van der Waals surface area contributed by atoms with Crippen LogP contribution in [0.25, 0.3) is 0 Å². The fourth-order valence-corrected chi connectivity index (χ4v) is 2.11. The number of ether oxygens (including phenoxy) is 1. The Kier molecular flexibility index (Phi) is 3.93. The van der Waals surface area contributed by atoms with E-state index in [-0.39, 0.29) is 5.82 Å². The lowest BCUT2D eigenvalue weighted by Crippen LogP contribution is -2.15. The van der Waals surface area contributed by atoms with Gasteiger partial charge in [-0.05, 0) is 24.3 Å². The second-order valence-electron chi connectivity index (χ2n) is 3.75. The van der Waals surface area contributed by atoms with Gasteiger partial charge in [0.2, 0.25) is 5.88 Å². The minimum atomic E-state index is -0.619. The molecule has 5 heteroatoms. The number of aromatic nitrogens is 1. The van der Waals surface area contributed by atoms with E-state index in [0.717, 1.165) is 4.47 Å². The maximum absolute atomic E-state index is 13.8. The van der Waals surface area contributed by atoms with Gasteiger partial charge in [0.15, 0.2) is 0 Å². The number of nitrogens with zero attached hydrogens (tertiary/aromatic N) is 1. The molecule has 0 saturated carbocycles. The van der Waals surface area contributed by atoms with E-state index < -0.39 is 6.04 Å². The molecule has 2 aromatic rings. The number of nitrogens with two attached hydrogens (primary N) is 1. The van der Waals surface area contributed by atoms with Gasteiger partial charge in [0.1, 0.15) is 5.82 Å². The summed E-state index contributed by atoms with van der Waals surface area (Å²) >= 11 is 3.30. The highest BCUT2D eigenvalue weighted by molar-refractivity contribution is 9.10. The van der Waals surface area contributed by atoms with E-state index in [1.54, 1.807) is 30.5 Å². The molecule has 18 heavy (non-hydrogen) atoms. The van der Waals surface area contributed by atoms with Crippen LogP contribution in [-0.2, 0) is 0 Å². The van der Waals surface area contributed by atoms with E-state index in [9.17, 15) is 4.39 Å². The molecule has 0 aliphatic rings. The SMILES string of the molecule is COc1ncccc1C(N)c1cc(Br)ccc1F. The molecule has 1 aromatic heterocycles. The van der Waals surface area contributed by atoms with Gasteiger partial charge in [-0.15, -0.1) is 0 Å². The van der Waals surface area contributed by atoms with Crippen molar-refractivity contribution in [2.45, 2.75) is 6.04 Å². The van der Waals surface area contributed by atoms with Crippen LogP contribution in [0.15, 0.2) is 41.0 Å². The lowest BCUT2D eigenvalue weighted by molar-refractivity contribution is 0.390. The normalized spacial score (nSPS) is 12.2. The Labute approximate surface area is 113 Å². The zero-order valence-electron chi connectivity index (χ0n) is 9.73. The average Bonchev–Trinajstić information content (AvgIpc) is 2.40. The van der Waals surface area contributed by atoms with Gasteiger partial charge in [-0.2, -0.15) is 0 Å². The van der Waals surface area contributed by atoms with Gasteiger partial charge in [-0.3, -0.25) is 0 Å². The Morgan fingerprint density at radius 3 is 2.83 bits per heavy atom. The van der Waals surface area contributed by atoms with Gasteiger partial charge < -0.3 is 10.5 Å². The molecule has 0 bridgehead atoms. The fourth-order valence-electron chi connectivity index (χ4n) is 1.73. The lowest BCUT2D eigenvalue weighted by Gasteiger charge is -2.16. The maximum Gasteiger partial charge on any atom is 0.218 e. The molecule has 1 atom stereocenters. The Bertz CT molecular complexity index is 562. The molecule has 0 aliphatic heterocycles. The van der Waals surface area contributed by atoms with Crippen molar-refractivity contribution in [2.75, 3.05) is 7.11 Å². The first-order valence-corrected chi connectivity index (χ1v) is 6.12. The van der Waals surface area contributed by atoms with Crippen LogP contribution in [0.2, 0.25) is 0 Å². The molecule has 94 valence electrons. The maximum atomic E-state index is 13.8. The van der Waals surface area contributed by atoms with Crippen molar-refractivity contribution in [3.8, 4) is 5.88 Å². The quantitative estimate of drug-likeness (QED) is 0.948. The summed E-state index contributed by atoms with van der Waals surface area (Å²) in [6.07, 6.45) is 1.60. The van der Waals surface area contributed by atoms with Crippen molar-refractivity contribution in [2.24, 2.45) is 5.73 Å². The summed E-state index contributed by atoms with van der Waals surface area (Å²) in [5, 5.41) is 0. The summed E-state index contributed by atoms with van der Waals surface area (Å²) in [4.78, 5) is 4.06. The lowest BCUT2D eigenvalue weighted by atomic mass is 10.0. The first kappa shape index (κ1) is 13.0. The number of halogens is 2. The van der Waals surface area contributed by atoms with E-state index in [2.05, 4.69) is 20.9 Å². The molecule has 3 nitrogen and oxygen atoms in total. The van der Waals surface area contributed by atoms with Crippen LogP contribution in [0, 0.1) is 5.82 Å². The van der Waals surface area contributed by atoms with Crippen molar-refractivity contribution in [3.05, 3.63) is 57.9 Å². The number of rotatable bonds is 3. The van der Waals surface area contributed by atoms with Crippen molar-refractivity contribution >= 4 is 15.9 Å². The molecule has 0 radical (unpaired) electrons. The van der Waals surface area contributed by atoms with Crippen LogP contribution in [-0.4, -0.2) is 12.1 Å². The predicted molar refractivity (Wildman–Crippen MR) is 70.9 cm³/mol. The number of pyridine rings is 1. The Balaban J connectivity index is 2.47. The third kappa shape index (κ3) is 2.52. The van der Waals surface area contributed by atoms with Crippen molar-refractivity contribution < 1.29 is 9.13 Å². The van der Waals surface area contributed by atoms with Crippen LogP contribution in [0.3, 0.4) is 0 Å². The molecule has 1 unspecified atom stereocenters. The fraction of sp³-hybridized carbons (Fsp3) is 0.154. The molecular formula is C13H12BrFN2O. The standard InChI is InChI=1S/C13H12BrFN2O/c1-18-13-9(3-2-6-17-13)12(16)10-7-8(14)4-5-11(10)15/h2-7,12H,16H2,1H3. The number of hydrogen-bond acceptors (Lipinski definition) is 3. The third-order valence-corrected chi connectivity index (χ3v) is 3.12. The summed E-state index contributed by atoms with van der Waals surface area (Å²) in [7, 11) is 1.51. The summed E-state index contributed by atoms with van der Waals surface area (Å²) in [6.45, 7) is 0. The topological polar surface area (TPSA) is 48.1 Å². The van der Waals surface area contributed by atoms with Crippen LogP contribution < -0.4 is 10.5 Å². The molecule has 0 saturated heterocycles. The summed E-state index contributed by atoms with van der Waals surface area (Å²) in [5.41, 5.74) is 7.13. The van der Waals surface area contributed by atoms with E-state index in [0.29, 0.717) is 17.0 Å². The number of benzene rings is 1. The zero-order chi connectivity index (χ0) is 13.1. The molecule has 2 rings (SSSR count). The minimum absolute atomic E-state index is 0.350. The highest BCUT2D eigenvalue weighted by atomic mass is 79.9. The molecule has 0 fully saturated rings. The summed E-state index contributed by atoms with van der Waals surface area (Å²) in [5.74, 6) is 0.0565. The second-order valence-corrected chi connectivity index (χ2v) is 4.66. The molecule has 1 aromatic carbocycles. The Hall–Kier alpha value is -1.46. The van der Waals surface area contributed by atoms with Crippen LogP contribution in [0.1, 0.15) is 17.2 Å². The monoisotopic (exact) mass is 310 g/mol. The minimum Gasteiger partial charge on any atom is -0.481 e. The van der Waals surface area contributed by atoms with Gasteiger partial charge >= 0.3 is 0 Å². The molecule has 2 N–H and O–H groups in total. The van der Waals surface area contributed by atoms with Crippen LogP contribution in [0.5, 0.6) is 5.88 Å². The molecule has 1 heterocycles. The first-order chi connectivity index (χ1) is 8.63. The predicted octanol–water partition coefficient (Wildman–Crippen LogP) is 3.04. The smallest absolute Gasteiger partial charge is 0.218 e. The van der Waals surface area contributed by atoms with Crippen molar-refractivity contribution in [1.82, 2.24) is 4.98 Å². The molecule has 0 amide bonds. The highest BCUT2D eigenvalue weighted by Gasteiger charge is 2.18. The van der Waals surface area contributed by atoms with Crippen LogP contribution in [0.4, 0.5) is 4.39 Å².